The van der Waals surface area contributed by atoms with Crippen molar-refractivity contribution in [2.24, 2.45) is 0 Å². The van der Waals surface area contributed by atoms with E-state index in [9.17, 15) is 4.79 Å². The van der Waals surface area contributed by atoms with Crippen LogP contribution in [0.5, 0.6) is 0 Å². The lowest BCUT2D eigenvalue weighted by Gasteiger charge is -2.33. The lowest BCUT2D eigenvalue weighted by Crippen LogP contribution is -2.47. The summed E-state index contributed by atoms with van der Waals surface area (Å²) in [7, 11) is 0. The summed E-state index contributed by atoms with van der Waals surface area (Å²) in [6.45, 7) is 6.70. The maximum Gasteiger partial charge on any atom is 0.410 e. The summed E-state index contributed by atoms with van der Waals surface area (Å²) in [4.78, 5) is 14.4. The van der Waals surface area contributed by atoms with Crippen LogP contribution >= 0.6 is 0 Å². The Balaban J connectivity index is 2.12. The smallest absolute Gasteiger partial charge is 0.410 e. The number of rotatable bonds is 3. The molecule has 2 unspecified atom stereocenters. The van der Waals surface area contributed by atoms with Crippen LogP contribution in [-0.4, -0.2) is 59.9 Å². The maximum atomic E-state index is 12.6. The number of carbonyl (C=O) groups is 1. The molecule has 2 fully saturated rings. The molecule has 3 atom stereocenters. The third kappa shape index (κ3) is 7.56. The van der Waals surface area contributed by atoms with Crippen LogP contribution in [0.1, 0.15) is 52.9 Å². The van der Waals surface area contributed by atoms with Gasteiger partial charge in [0.1, 0.15) is 18.3 Å². The first-order chi connectivity index (χ1) is 13.4. The number of aliphatic hydroxyl groups is 1. The molecule has 2 heterocycles. The number of allylic oxidation sites excluding steroid dienone is 2. The molecule has 6 nitrogen and oxygen atoms in total. The van der Waals surface area contributed by atoms with Gasteiger partial charge in [-0.3, -0.25) is 0 Å². The summed E-state index contributed by atoms with van der Waals surface area (Å²) in [5, 5.41) is 8.67. The van der Waals surface area contributed by atoms with E-state index in [1.165, 1.54) is 0 Å². The molecule has 6 heteroatoms. The molecule has 0 bridgehead atoms. The average Bonchev–Trinajstić information content (AvgIpc) is 3.13. The minimum absolute atomic E-state index is 0.176. The van der Waals surface area contributed by atoms with Gasteiger partial charge in [0, 0.05) is 13.2 Å². The van der Waals surface area contributed by atoms with Gasteiger partial charge in [0.05, 0.1) is 6.04 Å². The summed E-state index contributed by atoms with van der Waals surface area (Å²) in [6.07, 6.45) is 6.71. The number of nitrogens with zero attached hydrogens (tertiary/aromatic N) is 1. The Bertz CT molecular complexity index is 652. The van der Waals surface area contributed by atoms with E-state index in [2.05, 4.69) is 23.7 Å². The highest BCUT2D eigenvalue weighted by Gasteiger charge is 2.38. The second kappa shape index (κ2) is 11.1. The molecule has 2 aliphatic heterocycles. The Labute approximate surface area is 168 Å². The van der Waals surface area contributed by atoms with E-state index in [1.807, 2.05) is 20.8 Å². The fourth-order valence-electron chi connectivity index (χ4n) is 3.18. The van der Waals surface area contributed by atoms with Crippen molar-refractivity contribution >= 4 is 6.09 Å². The molecule has 0 aromatic carbocycles. The predicted molar refractivity (Wildman–Crippen MR) is 106 cm³/mol. The third-order valence-corrected chi connectivity index (χ3v) is 4.37. The zero-order valence-corrected chi connectivity index (χ0v) is 17.1. The lowest BCUT2D eigenvalue weighted by atomic mass is 10.1. The molecule has 1 N–H and O–H groups in total. The molecule has 2 aliphatic rings. The normalized spacial score (nSPS) is 23.5. The van der Waals surface area contributed by atoms with Crippen LogP contribution in [-0.2, 0) is 14.2 Å². The first-order valence-corrected chi connectivity index (χ1v) is 9.93. The standard InChI is InChI=1S/C22H31NO5/c1-22(2,3)28-21(25)23-15-11-12-18(23)19(13-7-5-4-6-9-16-24)27-20-14-8-10-17-26-20/h4-5,18-20,24H,8,10-12,14-17H2,1-3H3/b5-4-/t18-,19?,20?/m0/s1. The van der Waals surface area contributed by atoms with E-state index >= 15 is 0 Å². The molecule has 2 saturated heterocycles. The van der Waals surface area contributed by atoms with Gasteiger partial charge in [-0.15, -0.1) is 0 Å². The Hall–Kier alpha value is -1.99. The van der Waals surface area contributed by atoms with Gasteiger partial charge in [-0.25, -0.2) is 4.79 Å². The van der Waals surface area contributed by atoms with Crippen LogP contribution in [0.2, 0.25) is 0 Å². The number of hydrogen-bond donors (Lipinski definition) is 1. The van der Waals surface area contributed by atoms with Crippen molar-refractivity contribution < 1.29 is 24.1 Å². The number of carbonyl (C=O) groups excluding carboxylic acids is 1. The highest BCUT2D eigenvalue weighted by atomic mass is 16.7. The predicted octanol–water partition coefficient (Wildman–Crippen LogP) is 2.85. The van der Waals surface area contributed by atoms with Crippen LogP contribution in [0.4, 0.5) is 4.79 Å². The highest BCUT2D eigenvalue weighted by Crippen LogP contribution is 2.26. The van der Waals surface area contributed by atoms with Crippen LogP contribution in [0.3, 0.4) is 0 Å². The fourth-order valence-corrected chi connectivity index (χ4v) is 3.18. The average molecular weight is 389 g/mol. The van der Waals surface area contributed by atoms with E-state index in [4.69, 9.17) is 19.3 Å². The van der Waals surface area contributed by atoms with Crippen LogP contribution in [0.25, 0.3) is 0 Å². The minimum Gasteiger partial charge on any atom is -0.444 e. The molecule has 2 rings (SSSR count). The molecule has 0 aromatic heterocycles. The quantitative estimate of drug-likeness (QED) is 0.752. The Morgan fingerprint density at radius 1 is 1.25 bits per heavy atom. The Kier molecular flexibility index (Phi) is 8.86. The molecule has 1 amide bonds. The lowest BCUT2D eigenvalue weighted by molar-refractivity contribution is -0.185. The third-order valence-electron chi connectivity index (χ3n) is 4.37. The van der Waals surface area contributed by atoms with Crippen LogP contribution in [0, 0.1) is 23.7 Å². The largest absolute Gasteiger partial charge is 0.444 e. The van der Waals surface area contributed by atoms with Crippen molar-refractivity contribution in [2.75, 3.05) is 19.8 Å². The molecule has 0 aromatic rings. The van der Waals surface area contributed by atoms with Crippen LogP contribution < -0.4 is 0 Å². The molecular formula is C22H31NO5. The van der Waals surface area contributed by atoms with E-state index in [0.29, 0.717) is 13.2 Å². The van der Waals surface area contributed by atoms with Gasteiger partial charge in [-0.1, -0.05) is 23.7 Å². The number of amides is 1. The fraction of sp³-hybridized carbons (Fsp3) is 0.682. The number of ether oxygens (including phenoxy) is 3. The van der Waals surface area contributed by atoms with Gasteiger partial charge < -0.3 is 24.2 Å². The molecular weight excluding hydrogens is 358 g/mol. The zero-order valence-electron chi connectivity index (χ0n) is 17.1. The molecule has 0 spiro atoms. The SMILES string of the molecule is CC(C)(C)OC(=O)N1CCC[C@H]1C(C#C/C=C\C#CCO)OC1CCCCO1. The monoisotopic (exact) mass is 389 g/mol. The second-order valence-corrected chi connectivity index (χ2v) is 7.84. The molecule has 0 saturated carbocycles. The van der Waals surface area contributed by atoms with E-state index in [0.717, 1.165) is 32.1 Å². The minimum atomic E-state index is -0.549. The van der Waals surface area contributed by atoms with E-state index < -0.39 is 11.7 Å². The summed E-state index contributed by atoms with van der Waals surface area (Å²) in [5.41, 5.74) is -0.549. The molecule has 0 aliphatic carbocycles. The van der Waals surface area contributed by atoms with Crippen molar-refractivity contribution in [1.29, 1.82) is 0 Å². The number of likely N-dealkylation sites (tertiary alicyclic amines) is 1. The van der Waals surface area contributed by atoms with Crippen LogP contribution in [0.15, 0.2) is 12.2 Å². The van der Waals surface area contributed by atoms with Gasteiger partial charge in [-0.2, -0.15) is 0 Å². The Morgan fingerprint density at radius 3 is 2.71 bits per heavy atom. The zero-order chi connectivity index (χ0) is 20.4. The molecule has 28 heavy (non-hydrogen) atoms. The van der Waals surface area contributed by atoms with Gasteiger partial charge in [0.25, 0.3) is 0 Å². The van der Waals surface area contributed by atoms with Crippen molar-refractivity contribution in [1.82, 2.24) is 4.90 Å². The van der Waals surface area contributed by atoms with Gasteiger partial charge in [-0.05, 0) is 65.0 Å². The maximum absolute atomic E-state index is 12.6. The first-order valence-electron chi connectivity index (χ1n) is 9.93. The summed E-state index contributed by atoms with van der Waals surface area (Å²) in [6, 6.07) is -0.176. The van der Waals surface area contributed by atoms with Crippen molar-refractivity contribution in [3.8, 4) is 23.7 Å². The number of aliphatic hydroxyl groups excluding tert-OH is 1. The van der Waals surface area contributed by atoms with Crippen molar-refractivity contribution in [3.05, 3.63) is 12.2 Å². The van der Waals surface area contributed by atoms with Gasteiger partial charge >= 0.3 is 6.09 Å². The summed E-state index contributed by atoms with van der Waals surface area (Å²) >= 11 is 0. The van der Waals surface area contributed by atoms with Gasteiger partial charge in [0.15, 0.2) is 6.29 Å². The van der Waals surface area contributed by atoms with E-state index in [-0.39, 0.29) is 25.0 Å². The topological polar surface area (TPSA) is 68.2 Å². The highest BCUT2D eigenvalue weighted by molar-refractivity contribution is 5.69. The van der Waals surface area contributed by atoms with Crippen molar-refractivity contribution in [3.63, 3.8) is 0 Å². The second-order valence-electron chi connectivity index (χ2n) is 7.84. The summed E-state index contributed by atoms with van der Waals surface area (Å²) < 4.78 is 17.4. The first kappa shape index (κ1) is 22.3. The number of hydrogen-bond acceptors (Lipinski definition) is 5. The van der Waals surface area contributed by atoms with E-state index in [1.54, 1.807) is 17.1 Å². The van der Waals surface area contributed by atoms with Crippen molar-refractivity contribution in [2.45, 2.75) is 76.9 Å². The Morgan fingerprint density at radius 2 is 2.04 bits per heavy atom. The molecule has 154 valence electrons. The summed E-state index contributed by atoms with van der Waals surface area (Å²) in [5.74, 6) is 11.3. The molecule has 0 radical (unpaired) electrons. The van der Waals surface area contributed by atoms with Gasteiger partial charge in [0.2, 0.25) is 0 Å².